The third-order valence-electron chi connectivity index (χ3n) is 5.80. The Hall–Kier alpha value is -4.76. The van der Waals surface area contributed by atoms with E-state index < -0.39 is 17.8 Å². The van der Waals surface area contributed by atoms with E-state index in [1.54, 1.807) is 36.4 Å². The molecule has 0 aliphatic heterocycles. The van der Waals surface area contributed by atoms with Gasteiger partial charge in [-0.25, -0.2) is 10.2 Å². The Morgan fingerprint density at radius 1 is 0.850 bits per heavy atom. The molecule has 4 aromatic carbocycles. The van der Waals surface area contributed by atoms with Gasteiger partial charge in [0.1, 0.15) is 0 Å². The topological polar surface area (TPSA) is 106 Å². The number of ether oxygens (including phenoxy) is 2. The van der Waals surface area contributed by atoms with Crippen molar-refractivity contribution in [3.8, 4) is 11.5 Å². The molecule has 8 nitrogen and oxygen atoms in total. The maximum atomic E-state index is 13.0. The lowest BCUT2D eigenvalue weighted by atomic mass is 9.90. The van der Waals surface area contributed by atoms with Crippen molar-refractivity contribution >= 4 is 39.9 Å². The highest BCUT2D eigenvalue weighted by Crippen LogP contribution is 2.29. The third kappa shape index (κ3) is 7.64. The average molecular weight is 600 g/mol. The number of rotatable bonds is 10. The van der Waals surface area contributed by atoms with Crippen LogP contribution in [0.25, 0.3) is 0 Å². The van der Waals surface area contributed by atoms with Crippen LogP contribution >= 0.6 is 15.9 Å². The molecule has 4 rings (SSSR count). The molecule has 40 heavy (non-hydrogen) atoms. The number of hydrogen-bond donors (Lipinski definition) is 2. The summed E-state index contributed by atoms with van der Waals surface area (Å²) in [5, 5.41) is 6.65. The number of nitrogens with zero attached hydrogens (tertiary/aromatic N) is 1. The summed E-state index contributed by atoms with van der Waals surface area (Å²) < 4.78 is 11.6. The summed E-state index contributed by atoms with van der Waals surface area (Å²) in [5.74, 6) is -1.31. The van der Waals surface area contributed by atoms with Gasteiger partial charge in [0.25, 0.3) is 5.91 Å². The number of benzene rings is 4. The van der Waals surface area contributed by atoms with Gasteiger partial charge < -0.3 is 14.8 Å². The number of hydrogen-bond acceptors (Lipinski definition) is 6. The molecule has 0 aromatic heterocycles. The van der Waals surface area contributed by atoms with Crippen molar-refractivity contribution in [2.45, 2.75) is 5.92 Å². The van der Waals surface area contributed by atoms with E-state index in [9.17, 15) is 14.4 Å². The summed E-state index contributed by atoms with van der Waals surface area (Å²) in [5.41, 5.74) is 5.03. The van der Waals surface area contributed by atoms with Crippen molar-refractivity contribution in [1.82, 2.24) is 10.7 Å². The van der Waals surface area contributed by atoms with E-state index in [2.05, 4.69) is 31.8 Å². The fourth-order valence-corrected chi connectivity index (χ4v) is 4.30. The molecular formula is C31H26BrN3O5. The largest absolute Gasteiger partial charge is 0.493 e. The van der Waals surface area contributed by atoms with Crippen LogP contribution in [0, 0.1) is 0 Å². The van der Waals surface area contributed by atoms with Crippen LogP contribution in [0.3, 0.4) is 0 Å². The van der Waals surface area contributed by atoms with Crippen molar-refractivity contribution in [3.05, 3.63) is 130 Å². The van der Waals surface area contributed by atoms with Crippen molar-refractivity contribution in [1.29, 1.82) is 0 Å². The van der Waals surface area contributed by atoms with Crippen molar-refractivity contribution < 1.29 is 23.9 Å². The first kappa shape index (κ1) is 28.3. The predicted molar refractivity (Wildman–Crippen MR) is 156 cm³/mol. The van der Waals surface area contributed by atoms with Crippen LogP contribution in [0.5, 0.6) is 11.5 Å². The van der Waals surface area contributed by atoms with Crippen molar-refractivity contribution in [2.75, 3.05) is 13.7 Å². The Balaban J connectivity index is 1.34. The van der Waals surface area contributed by atoms with Crippen LogP contribution in [-0.2, 0) is 9.59 Å². The Bertz CT molecular complexity index is 1470. The van der Waals surface area contributed by atoms with Gasteiger partial charge in [-0.15, -0.1) is 0 Å². The first-order chi connectivity index (χ1) is 19.4. The first-order valence-electron chi connectivity index (χ1n) is 12.3. The minimum Gasteiger partial charge on any atom is -0.493 e. The highest BCUT2D eigenvalue weighted by atomic mass is 79.9. The van der Waals surface area contributed by atoms with Gasteiger partial charge in [0.2, 0.25) is 5.91 Å². The number of esters is 1. The first-order valence-corrected chi connectivity index (χ1v) is 13.1. The molecule has 0 fully saturated rings. The second kappa shape index (κ2) is 13.9. The van der Waals surface area contributed by atoms with Gasteiger partial charge in [0.15, 0.2) is 11.5 Å². The average Bonchev–Trinajstić information content (AvgIpc) is 2.98. The summed E-state index contributed by atoms with van der Waals surface area (Å²) in [7, 11) is 1.45. The zero-order valence-corrected chi connectivity index (χ0v) is 23.1. The molecule has 0 aliphatic rings. The van der Waals surface area contributed by atoms with Crippen molar-refractivity contribution in [2.24, 2.45) is 5.10 Å². The molecule has 9 heteroatoms. The standard InChI is InChI=1S/C31H26BrN3O5/c1-39-27-17-21(15-16-26(27)40-31(38)24-13-8-14-25(32)18-24)19-34-35-28(36)20-33-30(37)29(22-9-4-2-5-10-22)23-11-6-3-7-12-23/h2-19,29H,20H2,1H3,(H,33,37)(H,35,36)/b34-19+. The van der Waals surface area contributed by atoms with E-state index in [0.29, 0.717) is 16.9 Å². The molecular weight excluding hydrogens is 574 g/mol. The van der Waals surface area contributed by atoms with E-state index >= 15 is 0 Å². The molecule has 0 unspecified atom stereocenters. The monoisotopic (exact) mass is 599 g/mol. The second-order valence-corrected chi connectivity index (χ2v) is 9.49. The molecule has 0 atom stereocenters. The summed E-state index contributed by atoms with van der Waals surface area (Å²) in [4.78, 5) is 37.9. The van der Waals surface area contributed by atoms with E-state index in [1.165, 1.54) is 13.3 Å². The van der Waals surface area contributed by atoms with Gasteiger partial charge in [-0.3, -0.25) is 9.59 Å². The number of methoxy groups -OCH3 is 1. The number of nitrogens with one attached hydrogen (secondary N) is 2. The van der Waals surface area contributed by atoms with Crippen LogP contribution < -0.4 is 20.2 Å². The van der Waals surface area contributed by atoms with E-state index in [0.717, 1.165) is 15.6 Å². The number of hydrazone groups is 1. The number of carbonyl (C=O) groups is 3. The van der Waals surface area contributed by atoms with Crippen LogP contribution in [0.2, 0.25) is 0 Å². The van der Waals surface area contributed by atoms with E-state index in [-0.39, 0.29) is 18.2 Å². The summed E-state index contributed by atoms with van der Waals surface area (Å²) in [6.07, 6.45) is 1.42. The molecule has 0 saturated heterocycles. The van der Waals surface area contributed by atoms with E-state index in [1.807, 2.05) is 66.7 Å². The SMILES string of the molecule is COc1cc(/C=N/NC(=O)CNC(=O)C(c2ccccc2)c2ccccc2)ccc1OC(=O)c1cccc(Br)c1. The minimum atomic E-state index is -0.554. The molecule has 0 aliphatic carbocycles. The Labute approximate surface area is 240 Å². The normalized spacial score (nSPS) is 10.8. The zero-order valence-electron chi connectivity index (χ0n) is 21.5. The number of halogens is 1. The van der Waals surface area contributed by atoms with Gasteiger partial charge >= 0.3 is 5.97 Å². The van der Waals surface area contributed by atoms with Crippen molar-refractivity contribution in [3.63, 3.8) is 0 Å². The quantitative estimate of drug-likeness (QED) is 0.114. The van der Waals surface area contributed by atoms with Crippen LogP contribution in [0.1, 0.15) is 33.0 Å². The molecule has 2 amide bonds. The fourth-order valence-electron chi connectivity index (χ4n) is 3.90. The second-order valence-electron chi connectivity index (χ2n) is 8.58. The minimum absolute atomic E-state index is 0.239. The van der Waals surface area contributed by atoms with Gasteiger partial charge in [-0.1, -0.05) is 82.7 Å². The van der Waals surface area contributed by atoms with Crippen LogP contribution in [-0.4, -0.2) is 37.7 Å². The molecule has 0 heterocycles. The maximum Gasteiger partial charge on any atom is 0.343 e. The third-order valence-corrected chi connectivity index (χ3v) is 6.30. The predicted octanol–water partition coefficient (Wildman–Crippen LogP) is 5.08. The number of carbonyl (C=O) groups excluding carboxylic acids is 3. The Morgan fingerprint density at radius 3 is 2.15 bits per heavy atom. The molecule has 0 radical (unpaired) electrons. The Kier molecular flexibility index (Phi) is 9.79. The molecule has 0 bridgehead atoms. The molecule has 4 aromatic rings. The summed E-state index contributed by atoms with van der Waals surface area (Å²) in [6.45, 7) is -0.250. The maximum absolute atomic E-state index is 13.0. The number of amides is 2. The Morgan fingerprint density at radius 2 is 1.52 bits per heavy atom. The molecule has 202 valence electrons. The molecule has 2 N–H and O–H groups in total. The summed E-state index contributed by atoms with van der Waals surface area (Å²) in [6, 6.07) is 30.5. The lowest BCUT2D eigenvalue weighted by Crippen LogP contribution is -2.37. The van der Waals surface area contributed by atoms with Crippen LogP contribution in [0.4, 0.5) is 0 Å². The van der Waals surface area contributed by atoms with E-state index in [4.69, 9.17) is 9.47 Å². The highest BCUT2D eigenvalue weighted by molar-refractivity contribution is 9.10. The van der Waals surface area contributed by atoms with Gasteiger partial charge in [0, 0.05) is 4.47 Å². The fraction of sp³-hybridized carbons (Fsp3) is 0.0968. The molecule has 0 spiro atoms. The summed E-state index contributed by atoms with van der Waals surface area (Å²) >= 11 is 3.33. The lowest BCUT2D eigenvalue weighted by molar-refractivity contribution is -0.126. The molecule has 0 saturated carbocycles. The highest BCUT2D eigenvalue weighted by Gasteiger charge is 2.22. The van der Waals surface area contributed by atoms with Crippen LogP contribution in [0.15, 0.2) is 113 Å². The smallest absolute Gasteiger partial charge is 0.343 e. The zero-order chi connectivity index (χ0) is 28.3. The van der Waals surface area contributed by atoms with Gasteiger partial charge in [0.05, 0.1) is 31.4 Å². The van der Waals surface area contributed by atoms with Gasteiger partial charge in [-0.2, -0.15) is 5.10 Å². The lowest BCUT2D eigenvalue weighted by Gasteiger charge is -2.17. The van der Waals surface area contributed by atoms with Gasteiger partial charge in [-0.05, 0) is 53.1 Å².